The standard InChI is InChI=1S/C13H13N5OS/c14-9-5-2-1-4-8(9)12-17-18-11(10-6-3-7-19-10)15-16-13(18)20-12/h1-2,4-5,10H,3,6-7,14H2. The average Bonchev–Trinajstić information content (AvgIpc) is 3.14. The Morgan fingerprint density at radius 1 is 1.30 bits per heavy atom. The molecular formula is C13H13N5OS. The Morgan fingerprint density at radius 2 is 2.20 bits per heavy atom. The lowest BCUT2D eigenvalue weighted by Crippen LogP contribution is -2.03. The normalized spacial score (nSPS) is 18.9. The molecule has 7 heteroatoms. The van der Waals surface area contributed by atoms with Gasteiger partial charge in [0, 0.05) is 17.9 Å². The third-order valence-corrected chi connectivity index (χ3v) is 4.36. The van der Waals surface area contributed by atoms with Crippen LogP contribution in [0.2, 0.25) is 0 Å². The van der Waals surface area contributed by atoms with Crippen LogP contribution in [0.4, 0.5) is 5.69 Å². The van der Waals surface area contributed by atoms with Crippen LogP contribution in [0, 0.1) is 0 Å². The Bertz CT molecular complexity index is 759. The minimum absolute atomic E-state index is 0.00747. The van der Waals surface area contributed by atoms with Crippen molar-refractivity contribution in [3.05, 3.63) is 30.1 Å². The number of para-hydroxylation sites is 1. The summed E-state index contributed by atoms with van der Waals surface area (Å²) in [4.78, 5) is 0.772. The van der Waals surface area contributed by atoms with E-state index in [0.717, 1.165) is 46.5 Å². The van der Waals surface area contributed by atoms with Crippen LogP contribution in [0.5, 0.6) is 0 Å². The van der Waals surface area contributed by atoms with Gasteiger partial charge < -0.3 is 10.5 Å². The number of fused-ring (bicyclic) bond motifs is 1. The topological polar surface area (TPSA) is 78.3 Å². The molecule has 1 aliphatic rings. The third-order valence-electron chi connectivity index (χ3n) is 3.42. The van der Waals surface area contributed by atoms with Gasteiger partial charge in [0.1, 0.15) is 11.1 Å². The molecule has 1 fully saturated rings. The molecule has 0 saturated carbocycles. The summed E-state index contributed by atoms with van der Waals surface area (Å²) in [5, 5.41) is 13.8. The highest BCUT2D eigenvalue weighted by molar-refractivity contribution is 7.19. The molecule has 0 bridgehead atoms. The van der Waals surface area contributed by atoms with E-state index in [9.17, 15) is 0 Å². The first-order valence-corrected chi connectivity index (χ1v) is 7.33. The molecule has 102 valence electrons. The van der Waals surface area contributed by atoms with Gasteiger partial charge in [0.2, 0.25) is 4.96 Å². The van der Waals surface area contributed by atoms with Crippen LogP contribution in [0.1, 0.15) is 24.8 Å². The van der Waals surface area contributed by atoms with Gasteiger partial charge in [-0.1, -0.05) is 23.5 Å². The van der Waals surface area contributed by atoms with Gasteiger partial charge in [-0.05, 0) is 25.0 Å². The molecule has 6 nitrogen and oxygen atoms in total. The monoisotopic (exact) mass is 287 g/mol. The van der Waals surface area contributed by atoms with Crippen LogP contribution in [0.3, 0.4) is 0 Å². The summed E-state index contributed by atoms with van der Waals surface area (Å²) in [6.07, 6.45) is 2.04. The molecule has 1 saturated heterocycles. The number of aromatic nitrogens is 4. The number of hydrogen-bond donors (Lipinski definition) is 1. The third kappa shape index (κ3) is 1.78. The molecule has 0 aliphatic carbocycles. The Kier molecular flexibility index (Phi) is 2.68. The van der Waals surface area contributed by atoms with E-state index >= 15 is 0 Å². The van der Waals surface area contributed by atoms with Crippen LogP contribution in [-0.4, -0.2) is 26.4 Å². The first-order valence-electron chi connectivity index (χ1n) is 6.51. The fraction of sp³-hybridized carbons (Fsp3) is 0.308. The molecular weight excluding hydrogens is 274 g/mol. The predicted molar refractivity (Wildman–Crippen MR) is 76.4 cm³/mol. The largest absolute Gasteiger partial charge is 0.398 e. The predicted octanol–water partition coefficient (Wildman–Crippen LogP) is 2.29. The van der Waals surface area contributed by atoms with E-state index in [0.29, 0.717) is 0 Å². The zero-order valence-electron chi connectivity index (χ0n) is 10.7. The molecule has 2 N–H and O–H groups in total. The number of nitrogens with zero attached hydrogens (tertiary/aromatic N) is 4. The first-order chi connectivity index (χ1) is 9.83. The molecule has 20 heavy (non-hydrogen) atoms. The highest BCUT2D eigenvalue weighted by Gasteiger charge is 2.25. The number of nitrogen functional groups attached to an aromatic ring is 1. The van der Waals surface area contributed by atoms with E-state index in [1.54, 1.807) is 4.52 Å². The number of hydrogen-bond acceptors (Lipinski definition) is 6. The Morgan fingerprint density at radius 3 is 3.00 bits per heavy atom. The van der Waals surface area contributed by atoms with Gasteiger partial charge in [0.05, 0.1) is 0 Å². The summed E-state index contributed by atoms with van der Waals surface area (Å²) in [5.41, 5.74) is 7.65. The molecule has 3 aromatic rings. The van der Waals surface area contributed by atoms with Gasteiger partial charge in [-0.2, -0.15) is 9.61 Å². The van der Waals surface area contributed by atoms with Crippen molar-refractivity contribution < 1.29 is 4.74 Å². The van der Waals surface area contributed by atoms with Crippen LogP contribution in [0.15, 0.2) is 24.3 Å². The number of rotatable bonds is 2. The number of ether oxygens (including phenoxy) is 1. The van der Waals surface area contributed by atoms with E-state index < -0.39 is 0 Å². The summed E-state index contributed by atoms with van der Waals surface area (Å²) >= 11 is 1.49. The second-order valence-electron chi connectivity index (χ2n) is 4.75. The summed E-state index contributed by atoms with van der Waals surface area (Å²) < 4.78 is 7.44. The number of nitrogens with two attached hydrogens (primary N) is 1. The highest BCUT2D eigenvalue weighted by atomic mass is 32.1. The smallest absolute Gasteiger partial charge is 0.235 e. The maximum absolute atomic E-state index is 6.00. The van der Waals surface area contributed by atoms with Crippen molar-refractivity contribution in [2.45, 2.75) is 18.9 Å². The van der Waals surface area contributed by atoms with Crippen molar-refractivity contribution in [1.29, 1.82) is 0 Å². The van der Waals surface area contributed by atoms with E-state index in [-0.39, 0.29) is 6.10 Å². The molecule has 2 aromatic heterocycles. The van der Waals surface area contributed by atoms with E-state index in [1.165, 1.54) is 11.3 Å². The van der Waals surface area contributed by atoms with Crippen LogP contribution in [0.25, 0.3) is 15.5 Å². The van der Waals surface area contributed by atoms with Gasteiger partial charge in [-0.25, -0.2) is 0 Å². The number of anilines is 1. The molecule has 1 atom stereocenters. The van der Waals surface area contributed by atoms with E-state index in [1.807, 2.05) is 24.3 Å². The average molecular weight is 287 g/mol. The lowest BCUT2D eigenvalue weighted by atomic mass is 10.2. The molecule has 0 spiro atoms. The quantitative estimate of drug-likeness (QED) is 0.732. The Balaban J connectivity index is 1.81. The van der Waals surface area contributed by atoms with Gasteiger partial charge in [-0.15, -0.1) is 10.2 Å². The van der Waals surface area contributed by atoms with Crippen molar-refractivity contribution in [2.75, 3.05) is 12.3 Å². The first kappa shape index (κ1) is 11.8. The Labute approximate surface area is 119 Å². The zero-order chi connectivity index (χ0) is 13.5. The minimum Gasteiger partial charge on any atom is -0.398 e. The van der Waals surface area contributed by atoms with Crippen molar-refractivity contribution in [1.82, 2.24) is 19.8 Å². The van der Waals surface area contributed by atoms with Crippen molar-refractivity contribution in [2.24, 2.45) is 0 Å². The van der Waals surface area contributed by atoms with Gasteiger partial charge in [-0.3, -0.25) is 0 Å². The lowest BCUT2D eigenvalue weighted by Gasteiger charge is -2.04. The van der Waals surface area contributed by atoms with Crippen molar-refractivity contribution >= 4 is 22.0 Å². The maximum Gasteiger partial charge on any atom is 0.235 e. The van der Waals surface area contributed by atoms with Crippen molar-refractivity contribution in [3.8, 4) is 10.6 Å². The summed E-state index contributed by atoms with van der Waals surface area (Å²) in [6.45, 7) is 0.780. The van der Waals surface area contributed by atoms with Crippen LogP contribution >= 0.6 is 11.3 Å². The summed E-state index contributed by atoms with van der Waals surface area (Å²) in [5.74, 6) is 0.787. The summed E-state index contributed by atoms with van der Waals surface area (Å²) in [6, 6.07) is 7.71. The Hall–Kier alpha value is -1.99. The molecule has 3 heterocycles. The highest BCUT2D eigenvalue weighted by Crippen LogP contribution is 2.32. The lowest BCUT2D eigenvalue weighted by molar-refractivity contribution is 0.103. The molecule has 0 amide bonds. The molecule has 1 unspecified atom stereocenters. The van der Waals surface area contributed by atoms with Crippen LogP contribution in [-0.2, 0) is 4.74 Å². The van der Waals surface area contributed by atoms with E-state index in [2.05, 4.69) is 15.3 Å². The minimum atomic E-state index is 0.00747. The van der Waals surface area contributed by atoms with Crippen LogP contribution < -0.4 is 5.73 Å². The van der Waals surface area contributed by atoms with Gasteiger partial charge in [0.25, 0.3) is 0 Å². The second-order valence-corrected chi connectivity index (χ2v) is 5.70. The zero-order valence-corrected chi connectivity index (χ0v) is 11.5. The van der Waals surface area contributed by atoms with Gasteiger partial charge in [0.15, 0.2) is 5.82 Å². The SMILES string of the molecule is Nc1ccccc1-c1nn2c(C3CCCO3)nnc2s1. The second kappa shape index (κ2) is 4.53. The fourth-order valence-electron chi connectivity index (χ4n) is 2.41. The molecule has 4 rings (SSSR count). The molecule has 1 aromatic carbocycles. The van der Waals surface area contributed by atoms with E-state index in [4.69, 9.17) is 10.5 Å². The molecule has 1 aliphatic heterocycles. The molecule has 0 radical (unpaired) electrons. The van der Waals surface area contributed by atoms with Gasteiger partial charge >= 0.3 is 0 Å². The number of benzene rings is 1. The fourth-order valence-corrected chi connectivity index (χ4v) is 3.31. The summed E-state index contributed by atoms with van der Waals surface area (Å²) in [7, 11) is 0. The van der Waals surface area contributed by atoms with Crippen molar-refractivity contribution in [3.63, 3.8) is 0 Å². The maximum atomic E-state index is 6.00.